The van der Waals surface area contributed by atoms with Gasteiger partial charge in [-0.1, -0.05) is 17.7 Å². The summed E-state index contributed by atoms with van der Waals surface area (Å²) in [6.07, 6.45) is 0. The van der Waals surface area contributed by atoms with Crippen molar-refractivity contribution in [3.05, 3.63) is 40.2 Å². The Balaban J connectivity index is 1.71. The molecule has 2 aromatic rings. The summed E-state index contributed by atoms with van der Waals surface area (Å²) >= 11 is 6.07. The molecule has 1 amide bonds. The van der Waals surface area contributed by atoms with Gasteiger partial charge in [0.15, 0.2) is 11.5 Å². The lowest BCUT2D eigenvalue weighted by Crippen LogP contribution is -2.23. The summed E-state index contributed by atoms with van der Waals surface area (Å²) in [6, 6.07) is 5.55. The van der Waals surface area contributed by atoms with Crippen LogP contribution in [0.4, 0.5) is 0 Å². The van der Waals surface area contributed by atoms with Gasteiger partial charge in [0.1, 0.15) is 5.15 Å². The van der Waals surface area contributed by atoms with Crippen LogP contribution in [0.25, 0.3) is 0 Å². The third-order valence-corrected chi connectivity index (χ3v) is 3.70. The molecular weight excluding hydrogens is 294 g/mol. The zero-order chi connectivity index (χ0) is 15.0. The maximum Gasteiger partial charge on any atom is 0.256 e. The number of aryl methyl sites for hydroxylation is 2. The van der Waals surface area contributed by atoms with Crippen molar-refractivity contribution in [1.82, 2.24) is 15.1 Å². The van der Waals surface area contributed by atoms with Gasteiger partial charge in [0.25, 0.3) is 5.91 Å². The van der Waals surface area contributed by atoms with Crippen LogP contribution in [0.2, 0.25) is 5.15 Å². The fourth-order valence-electron chi connectivity index (χ4n) is 2.21. The molecule has 6 nitrogen and oxygen atoms in total. The van der Waals surface area contributed by atoms with E-state index in [1.54, 1.807) is 14.0 Å². The predicted molar refractivity (Wildman–Crippen MR) is 76.7 cm³/mol. The van der Waals surface area contributed by atoms with Crippen molar-refractivity contribution in [1.29, 1.82) is 0 Å². The first-order chi connectivity index (χ1) is 10.1. The molecule has 1 aliphatic heterocycles. The van der Waals surface area contributed by atoms with Gasteiger partial charge in [-0.2, -0.15) is 5.10 Å². The van der Waals surface area contributed by atoms with Gasteiger partial charge in [-0.25, -0.2) is 0 Å². The molecule has 1 N–H and O–H groups in total. The molecule has 0 radical (unpaired) electrons. The molecule has 0 aliphatic carbocycles. The third kappa shape index (κ3) is 2.54. The van der Waals surface area contributed by atoms with Gasteiger partial charge in [0.05, 0.1) is 11.3 Å². The number of rotatable bonds is 3. The maximum atomic E-state index is 12.2. The summed E-state index contributed by atoms with van der Waals surface area (Å²) in [4.78, 5) is 12.2. The average Bonchev–Trinajstić information content (AvgIpc) is 3.01. The molecule has 0 fully saturated rings. The fraction of sp³-hybridized carbons (Fsp3) is 0.286. The Hall–Kier alpha value is -2.21. The normalized spacial score (nSPS) is 12.5. The molecule has 1 aromatic heterocycles. The van der Waals surface area contributed by atoms with Gasteiger partial charge in [-0.15, -0.1) is 0 Å². The maximum absolute atomic E-state index is 12.2. The first-order valence-electron chi connectivity index (χ1n) is 6.42. The number of amides is 1. The molecule has 0 bridgehead atoms. The summed E-state index contributed by atoms with van der Waals surface area (Å²) in [5, 5.41) is 7.28. The van der Waals surface area contributed by atoms with Gasteiger partial charge in [0, 0.05) is 13.6 Å². The Morgan fingerprint density at radius 2 is 2.19 bits per heavy atom. The number of carbonyl (C=O) groups excluding carboxylic acids is 1. The number of hydrogen-bond acceptors (Lipinski definition) is 4. The van der Waals surface area contributed by atoms with Crippen LogP contribution in [0.5, 0.6) is 11.5 Å². The second-order valence-electron chi connectivity index (χ2n) is 4.75. The molecule has 1 aliphatic rings. The van der Waals surface area contributed by atoms with Crippen molar-refractivity contribution >= 4 is 17.5 Å². The Morgan fingerprint density at radius 1 is 1.43 bits per heavy atom. The van der Waals surface area contributed by atoms with Gasteiger partial charge in [0.2, 0.25) is 6.79 Å². The number of ether oxygens (including phenoxy) is 2. The molecule has 1 aromatic carbocycles. The monoisotopic (exact) mass is 307 g/mol. The molecule has 3 rings (SSSR count). The lowest BCUT2D eigenvalue weighted by atomic mass is 10.2. The lowest BCUT2D eigenvalue weighted by molar-refractivity contribution is 0.0950. The van der Waals surface area contributed by atoms with Crippen LogP contribution in [-0.2, 0) is 13.6 Å². The lowest BCUT2D eigenvalue weighted by Gasteiger charge is -2.06. The number of aromatic nitrogens is 2. The molecule has 0 atom stereocenters. The number of nitrogens with one attached hydrogen (secondary N) is 1. The Labute approximate surface area is 126 Å². The van der Waals surface area contributed by atoms with Gasteiger partial charge in [-0.3, -0.25) is 9.48 Å². The number of halogens is 1. The van der Waals surface area contributed by atoms with E-state index >= 15 is 0 Å². The van der Waals surface area contributed by atoms with Crippen LogP contribution < -0.4 is 14.8 Å². The quantitative estimate of drug-likeness (QED) is 0.942. The summed E-state index contributed by atoms with van der Waals surface area (Å²) in [7, 11) is 1.70. The average molecular weight is 308 g/mol. The minimum absolute atomic E-state index is 0.232. The van der Waals surface area contributed by atoms with Gasteiger partial charge >= 0.3 is 0 Å². The van der Waals surface area contributed by atoms with E-state index in [4.69, 9.17) is 21.1 Å². The van der Waals surface area contributed by atoms with Gasteiger partial charge in [-0.05, 0) is 24.6 Å². The topological polar surface area (TPSA) is 65.4 Å². The van der Waals surface area contributed by atoms with Crippen LogP contribution >= 0.6 is 11.6 Å². The van der Waals surface area contributed by atoms with Crippen molar-refractivity contribution < 1.29 is 14.3 Å². The molecule has 0 saturated carbocycles. The molecule has 0 unspecified atom stereocenters. The SMILES string of the molecule is Cc1nn(C)c(Cl)c1C(=O)NCc1ccc2c(c1)OCO2. The summed E-state index contributed by atoms with van der Waals surface area (Å²) < 4.78 is 12.0. The first-order valence-corrected chi connectivity index (χ1v) is 6.80. The smallest absolute Gasteiger partial charge is 0.256 e. The molecule has 2 heterocycles. The fourth-order valence-corrected chi connectivity index (χ4v) is 2.47. The Kier molecular flexibility index (Phi) is 3.47. The van der Waals surface area contributed by atoms with E-state index in [0.29, 0.717) is 28.7 Å². The van der Waals surface area contributed by atoms with E-state index in [1.807, 2.05) is 18.2 Å². The highest BCUT2D eigenvalue weighted by atomic mass is 35.5. The summed E-state index contributed by atoms with van der Waals surface area (Å²) in [5.41, 5.74) is 1.93. The molecule has 0 spiro atoms. The van der Waals surface area contributed by atoms with E-state index in [-0.39, 0.29) is 12.7 Å². The Morgan fingerprint density at radius 3 is 2.90 bits per heavy atom. The number of hydrogen-bond donors (Lipinski definition) is 1. The number of nitrogens with zero attached hydrogens (tertiary/aromatic N) is 2. The zero-order valence-electron chi connectivity index (χ0n) is 11.6. The summed E-state index contributed by atoms with van der Waals surface area (Å²) in [5.74, 6) is 1.16. The van der Waals surface area contributed by atoms with Crippen molar-refractivity contribution in [3.63, 3.8) is 0 Å². The van der Waals surface area contributed by atoms with Crippen LogP contribution in [0, 0.1) is 6.92 Å². The second kappa shape index (κ2) is 5.29. The van der Waals surface area contributed by atoms with Gasteiger partial charge < -0.3 is 14.8 Å². The second-order valence-corrected chi connectivity index (χ2v) is 5.10. The minimum Gasteiger partial charge on any atom is -0.454 e. The van der Waals surface area contributed by atoms with E-state index in [0.717, 1.165) is 11.3 Å². The van der Waals surface area contributed by atoms with Crippen LogP contribution in [0.15, 0.2) is 18.2 Å². The summed E-state index contributed by atoms with van der Waals surface area (Å²) in [6.45, 7) is 2.36. The van der Waals surface area contributed by atoms with Crippen LogP contribution in [0.3, 0.4) is 0 Å². The Bertz CT molecular complexity index is 712. The van der Waals surface area contributed by atoms with Crippen molar-refractivity contribution in [2.24, 2.45) is 7.05 Å². The van der Waals surface area contributed by atoms with Crippen molar-refractivity contribution in [3.8, 4) is 11.5 Å². The molecule has 0 saturated heterocycles. The predicted octanol–water partition coefficient (Wildman–Crippen LogP) is 2.04. The molecular formula is C14H14ClN3O3. The largest absolute Gasteiger partial charge is 0.454 e. The first kappa shape index (κ1) is 13.8. The minimum atomic E-state index is -0.247. The van der Waals surface area contributed by atoms with E-state index in [9.17, 15) is 4.79 Å². The van der Waals surface area contributed by atoms with E-state index < -0.39 is 0 Å². The number of fused-ring (bicyclic) bond motifs is 1. The van der Waals surface area contributed by atoms with E-state index in [1.165, 1.54) is 4.68 Å². The number of benzene rings is 1. The highest BCUT2D eigenvalue weighted by Crippen LogP contribution is 2.32. The standard InChI is InChI=1S/C14H14ClN3O3/c1-8-12(13(15)18(2)17-8)14(19)16-6-9-3-4-10-11(5-9)21-7-20-10/h3-5H,6-7H2,1-2H3,(H,16,19). The third-order valence-electron chi connectivity index (χ3n) is 3.27. The van der Waals surface area contributed by atoms with Crippen molar-refractivity contribution in [2.45, 2.75) is 13.5 Å². The highest BCUT2D eigenvalue weighted by Gasteiger charge is 2.19. The highest BCUT2D eigenvalue weighted by molar-refractivity contribution is 6.33. The number of carbonyl (C=O) groups is 1. The van der Waals surface area contributed by atoms with Crippen molar-refractivity contribution in [2.75, 3.05) is 6.79 Å². The molecule has 110 valence electrons. The molecule has 7 heteroatoms. The zero-order valence-corrected chi connectivity index (χ0v) is 12.4. The molecule has 21 heavy (non-hydrogen) atoms. The van der Waals surface area contributed by atoms with Crippen LogP contribution in [0.1, 0.15) is 21.6 Å². The van der Waals surface area contributed by atoms with Crippen LogP contribution in [-0.4, -0.2) is 22.5 Å². The van der Waals surface area contributed by atoms with E-state index in [2.05, 4.69) is 10.4 Å².